The molecule has 2 aromatic carbocycles. The average Bonchev–Trinajstić information content (AvgIpc) is 3.13. The molecule has 0 amide bonds. The number of ether oxygens (including phenoxy) is 1. The van der Waals surface area contributed by atoms with Gasteiger partial charge in [-0.2, -0.15) is 0 Å². The maximum absolute atomic E-state index is 6.04. The maximum atomic E-state index is 6.04. The number of likely N-dealkylation sites (tertiary alicyclic amines) is 1. The average molecular weight is 392 g/mol. The van der Waals surface area contributed by atoms with Gasteiger partial charge in [0.1, 0.15) is 12.4 Å². The van der Waals surface area contributed by atoms with Gasteiger partial charge in [0.2, 0.25) is 0 Å². The molecular formula is C25H29NOS. The second-order valence-corrected chi connectivity index (χ2v) is 8.51. The Bertz CT molecular complexity index is 806. The molecule has 0 spiro atoms. The fourth-order valence-electron chi connectivity index (χ4n) is 4.03. The van der Waals surface area contributed by atoms with E-state index in [-0.39, 0.29) is 5.92 Å². The second kappa shape index (κ2) is 9.90. The zero-order chi connectivity index (χ0) is 19.0. The molecule has 0 N–H and O–H groups in total. The van der Waals surface area contributed by atoms with E-state index < -0.39 is 0 Å². The van der Waals surface area contributed by atoms with E-state index in [1.54, 1.807) is 0 Å². The van der Waals surface area contributed by atoms with Crippen molar-refractivity contribution < 1.29 is 4.74 Å². The molecule has 0 radical (unpaired) electrons. The van der Waals surface area contributed by atoms with Crippen LogP contribution in [0.4, 0.5) is 0 Å². The Morgan fingerprint density at radius 1 is 0.786 bits per heavy atom. The van der Waals surface area contributed by atoms with E-state index in [2.05, 4.69) is 77.0 Å². The van der Waals surface area contributed by atoms with Gasteiger partial charge in [0.05, 0.1) is 0 Å². The first-order chi connectivity index (χ1) is 13.9. The summed E-state index contributed by atoms with van der Waals surface area (Å²) < 4.78 is 6.04. The van der Waals surface area contributed by atoms with Crippen LogP contribution in [-0.4, -0.2) is 31.1 Å². The minimum absolute atomic E-state index is 0.285. The number of nitrogens with zero attached hydrogens (tertiary/aromatic N) is 1. The first-order valence-corrected chi connectivity index (χ1v) is 11.3. The zero-order valence-corrected chi connectivity index (χ0v) is 17.2. The van der Waals surface area contributed by atoms with Crippen LogP contribution in [0.3, 0.4) is 0 Å². The van der Waals surface area contributed by atoms with E-state index in [9.17, 15) is 0 Å². The lowest BCUT2D eigenvalue weighted by molar-refractivity contribution is 0.214. The third-order valence-electron chi connectivity index (χ3n) is 5.55. The first-order valence-electron chi connectivity index (χ1n) is 10.4. The number of rotatable bonds is 7. The molecule has 0 saturated carbocycles. The molecule has 2 nitrogen and oxygen atoms in total. The van der Waals surface area contributed by atoms with Gasteiger partial charge in [-0.25, -0.2) is 0 Å². The summed E-state index contributed by atoms with van der Waals surface area (Å²) >= 11 is 1.82. The molecule has 3 aromatic rings. The Balaban J connectivity index is 1.41. The normalized spacial score (nSPS) is 16.4. The molecule has 1 fully saturated rings. The quantitative estimate of drug-likeness (QED) is 0.476. The summed E-state index contributed by atoms with van der Waals surface area (Å²) in [5.41, 5.74) is 2.65. The molecule has 146 valence electrons. The van der Waals surface area contributed by atoms with Crippen molar-refractivity contribution in [1.82, 2.24) is 4.90 Å². The van der Waals surface area contributed by atoms with Crippen LogP contribution >= 0.6 is 11.3 Å². The fraction of sp³-hybridized carbons (Fsp3) is 0.360. The summed E-state index contributed by atoms with van der Waals surface area (Å²) in [6.45, 7) is 4.25. The van der Waals surface area contributed by atoms with E-state index in [4.69, 9.17) is 4.74 Å². The van der Waals surface area contributed by atoms with Crippen molar-refractivity contribution in [2.45, 2.75) is 31.6 Å². The summed E-state index contributed by atoms with van der Waals surface area (Å²) in [7, 11) is 0. The minimum Gasteiger partial charge on any atom is -0.492 e. The zero-order valence-electron chi connectivity index (χ0n) is 16.4. The number of hydrogen-bond donors (Lipinski definition) is 0. The van der Waals surface area contributed by atoms with E-state index >= 15 is 0 Å². The van der Waals surface area contributed by atoms with Crippen molar-refractivity contribution >= 4 is 11.3 Å². The van der Waals surface area contributed by atoms with Crippen molar-refractivity contribution in [2.75, 3.05) is 26.2 Å². The van der Waals surface area contributed by atoms with E-state index in [1.165, 1.54) is 54.8 Å². The van der Waals surface area contributed by atoms with Crippen LogP contribution in [0.25, 0.3) is 0 Å². The highest BCUT2D eigenvalue weighted by atomic mass is 32.1. The summed E-state index contributed by atoms with van der Waals surface area (Å²) in [4.78, 5) is 3.92. The van der Waals surface area contributed by atoms with Crippen LogP contribution in [-0.2, 0) is 0 Å². The summed E-state index contributed by atoms with van der Waals surface area (Å²) in [6, 6.07) is 23.8. The predicted octanol–water partition coefficient (Wildman–Crippen LogP) is 6.18. The topological polar surface area (TPSA) is 12.5 Å². The molecule has 1 atom stereocenters. The van der Waals surface area contributed by atoms with Crippen LogP contribution in [0.15, 0.2) is 72.1 Å². The first kappa shape index (κ1) is 19.2. The smallest absolute Gasteiger partial charge is 0.119 e. The summed E-state index contributed by atoms with van der Waals surface area (Å²) in [6.07, 6.45) is 5.42. The van der Waals surface area contributed by atoms with Crippen molar-refractivity contribution in [3.63, 3.8) is 0 Å². The van der Waals surface area contributed by atoms with Crippen molar-refractivity contribution in [3.05, 3.63) is 88.1 Å². The number of thiophene rings is 1. The lowest BCUT2D eigenvalue weighted by atomic mass is 9.90. The highest BCUT2D eigenvalue weighted by Crippen LogP contribution is 2.35. The molecule has 28 heavy (non-hydrogen) atoms. The molecule has 1 saturated heterocycles. The molecule has 0 unspecified atom stereocenters. The van der Waals surface area contributed by atoms with Gasteiger partial charge in [-0.05, 0) is 60.6 Å². The van der Waals surface area contributed by atoms with Gasteiger partial charge in [0.15, 0.2) is 0 Å². The molecule has 1 aliphatic heterocycles. The summed E-state index contributed by atoms with van der Waals surface area (Å²) in [5, 5.41) is 2.16. The number of benzene rings is 2. The van der Waals surface area contributed by atoms with Gasteiger partial charge in [-0.1, -0.05) is 61.4 Å². The van der Waals surface area contributed by atoms with Crippen LogP contribution in [0, 0.1) is 0 Å². The van der Waals surface area contributed by atoms with E-state index in [0.29, 0.717) is 0 Å². The fourth-order valence-corrected chi connectivity index (χ4v) is 4.91. The predicted molar refractivity (Wildman–Crippen MR) is 119 cm³/mol. The Labute approximate surface area is 172 Å². The van der Waals surface area contributed by atoms with Gasteiger partial charge in [0.25, 0.3) is 0 Å². The Kier molecular flexibility index (Phi) is 6.80. The summed E-state index contributed by atoms with van der Waals surface area (Å²) in [5.74, 6) is 1.25. The van der Waals surface area contributed by atoms with Gasteiger partial charge in [-0.3, -0.25) is 4.90 Å². The molecular weight excluding hydrogens is 362 g/mol. The largest absolute Gasteiger partial charge is 0.492 e. The van der Waals surface area contributed by atoms with Crippen LogP contribution in [0.5, 0.6) is 5.75 Å². The third kappa shape index (κ3) is 5.03. The molecule has 1 aliphatic rings. The standard InChI is InChI=1S/C25H29NOS/c1-2-7-17-26(16-6-1)18-19-27-23-14-12-22(13-15-23)25(24-11-8-20-28-24)21-9-4-3-5-10-21/h3-5,8-15,20,25H,1-2,6-7,16-19H2/t25-/m0/s1. The molecule has 0 aliphatic carbocycles. The van der Waals surface area contributed by atoms with Crippen molar-refractivity contribution in [1.29, 1.82) is 0 Å². The Morgan fingerprint density at radius 3 is 2.18 bits per heavy atom. The Hall–Kier alpha value is -2.10. The van der Waals surface area contributed by atoms with Crippen molar-refractivity contribution in [3.8, 4) is 5.75 Å². The maximum Gasteiger partial charge on any atom is 0.119 e. The molecule has 4 rings (SSSR count). The second-order valence-electron chi connectivity index (χ2n) is 7.53. The van der Waals surface area contributed by atoms with E-state index in [1.807, 2.05) is 11.3 Å². The number of hydrogen-bond acceptors (Lipinski definition) is 3. The lowest BCUT2D eigenvalue weighted by Crippen LogP contribution is -2.29. The molecule has 3 heteroatoms. The van der Waals surface area contributed by atoms with Crippen LogP contribution in [0.1, 0.15) is 47.6 Å². The SMILES string of the molecule is c1ccc([C@@H](c2ccc(OCCN3CCCCCC3)cc2)c2cccs2)cc1. The molecule has 0 bridgehead atoms. The highest BCUT2D eigenvalue weighted by Gasteiger charge is 2.17. The Morgan fingerprint density at radius 2 is 1.50 bits per heavy atom. The monoisotopic (exact) mass is 391 g/mol. The van der Waals surface area contributed by atoms with Crippen LogP contribution in [0.2, 0.25) is 0 Å². The molecule has 2 heterocycles. The molecule has 1 aromatic heterocycles. The van der Waals surface area contributed by atoms with Gasteiger partial charge in [0, 0.05) is 17.3 Å². The van der Waals surface area contributed by atoms with Gasteiger partial charge < -0.3 is 4.74 Å². The van der Waals surface area contributed by atoms with Gasteiger partial charge in [-0.15, -0.1) is 11.3 Å². The van der Waals surface area contributed by atoms with Crippen molar-refractivity contribution in [2.24, 2.45) is 0 Å². The minimum atomic E-state index is 0.285. The third-order valence-corrected chi connectivity index (χ3v) is 6.49. The van der Waals surface area contributed by atoms with E-state index in [0.717, 1.165) is 18.9 Å². The highest BCUT2D eigenvalue weighted by molar-refractivity contribution is 7.10. The van der Waals surface area contributed by atoms with Crippen LogP contribution < -0.4 is 4.74 Å². The lowest BCUT2D eigenvalue weighted by Gasteiger charge is -2.20. The van der Waals surface area contributed by atoms with Gasteiger partial charge >= 0.3 is 0 Å².